The van der Waals surface area contributed by atoms with Crippen LogP contribution < -0.4 is 5.32 Å². The van der Waals surface area contributed by atoms with Crippen LogP contribution in [-0.2, 0) is 17.9 Å². The van der Waals surface area contributed by atoms with E-state index in [-0.39, 0.29) is 5.41 Å². The first-order valence-electron chi connectivity index (χ1n) is 7.82. The van der Waals surface area contributed by atoms with Crippen molar-refractivity contribution in [2.45, 2.75) is 45.7 Å². The summed E-state index contributed by atoms with van der Waals surface area (Å²) in [6.07, 6.45) is 4.10. The van der Waals surface area contributed by atoms with E-state index in [4.69, 9.17) is 0 Å². The molecule has 1 aromatic rings. The molecule has 20 heavy (non-hydrogen) atoms. The fourth-order valence-electron chi connectivity index (χ4n) is 3.77. The van der Waals surface area contributed by atoms with E-state index in [1.54, 1.807) is 0 Å². The van der Waals surface area contributed by atoms with Gasteiger partial charge in [-0.05, 0) is 43.5 Å². The molecule has 0 unspecified atom stereocenters. The van der Waals surface area contributed by atoms with Gasteiger partial charge in [0.1, 0.15) is 0 Å². The third-order valence-corrected chi connectivity index (χ3v) is 4.87. The molecule has 0 aliphatic carbocycles. The lowest BCUT2D eigenvalue weighted by molar-refractivity contribution is -0.145. The van der Waals surface area contributed by atoms with E-state index in [0.717, 1.165) is 51.9 Å². The second kappa shape index (κ2) is 5.57. The van der Waals surface area contributed by atoms with Gasteiger partial charge in [0.05, 0.1) is 5.41 Å². The van der Waals surface area contributed by atoms with Crippen molar-refractivity contribution < 1.29 is 4.79 Å². The smallest absolute Gasteiger partial charge is 0.229 e. The van der Waals surface area contributed by atoms with Crippen LogP contribution in [0.15, 0.2) is 24.3 Å². The zero-order chi connectivity index (χ0) is 14.0. The normalized spacial score (nSPS) is 20.8. The first kappa shape index (κ1) is 13.6. The Labute approximate surface area is 121 Å². The van der Waals surface area contributed by atoms with Gasteiger partial charge in [-0.25, -0.2) is 0 Å². The van der Waals surface area contributed by atoms with Crippen molar-refractivity contribution in [1.29, 1.82) is 0 Å². The number of hydrogen-bond acceptors (Lipinski definition) is 2. The fraction of sp³-hybridized carbons (Fsp3) is 0.588. The van der Waals surface area contributed by atoms with E-state index in [2.05, 4.69) is 41.4 Å². The molecular formula is C17H24N2O. The number of piperidine rings is 1. The number of carbonyl (C=O) groups is 1. The molecule has 0 atom stereocenters. The van der Waals surface area contributed by atoms with Gasteiger partial charge in [-0.15, -0.1) is 0 Å². The van der Waals surface area contributed by atoms with Gasteiger partial charge in [0.25, 0.3) is 0 Å². The minimum absolute atomic E-state index is 0.109. The van der Waals surface area contributed by atoms with Crippen molar-refractivity contribution in [3.05, 3.63) is 35.4 Å². The molecule has 1 aromatic carbocycles. The van der Waals surface area contributed by atoms with Gasteiger partial charge < -0.3 is 10.2 Å². The number of rotatable bonds is 3. The van der Waals surface area contributed by atoms with Gasteiger partial charge in [-0.3, -0.25) is 4.79 Å². The molecule has 1 N–H and O–H groups in total. The Balaban J connectivity index is 1.78. The second-order valence-corrected chi connectivity index (χ2v) is 6.21. The predicted octanol–water partition coefficient (Wildman–Crippen LogP) is 2.70. The molecule has 0 bridgehead atoms. The zero-order valence-corrected chi connectivity index (χ0v) is 12.3. The average Bonchev–Trinajstić information content (AvgIpc) is 2.91. The second-order valence-electron chi connectivity index (χ2n) is 6.21. The lowest BCUT2D eigenvalue weighted by Gasteiger charge is -2.39. The molecular weight excluding hydrogens is 248 g/mol. The monoisotopic (exact) mass is 272 g/mol. The van der Waals surface area contributed by atoms with Gasteiger partial charge >= 0.3 is 0 Å². The summed E-state index contributed by atoms with van der Waals surface area (Å²) in [6, 6.07) is 8.44. The van der Waals surface area contributed by atoms with E-state index in [0.29, 0.717) is 5.91 Å². The Kier molecular flexibility index (Phi) is 3.79. The third kappa shape index (κ3) is 2.35. The Morgan fingerprint density at radius 2 is 1.80 bits per heavy atom. The van der Waals surface area contributed by atoms with Gasteiger partial charge in [-0.1, -0.05) is 37.6 Å². The highest BCUT2D eigenvalue weighted by Gasteiger charge is 2.42. The molecule has 0 aromatic heterocycles. The summed E-state index contributed by atoms with van der Waals surface area (Å²) in [5.74, 6) is 0.386. The zero-order valence-electron chi connectivity index (χ0n) is 12.3. The van der Waals surface area contributed by atoms with Crippen LogP contribution in [0, 0.1) is 5.41 Å². The summed E-state index contributed by atoms with van der Waals surface area (Å²) in [4.78, 5) is 15.2. The molecule has 108 valence electrons. The number of hydrogen-bond donors (Lipinski definition) is 1. The highest BCUT2D eigenvalue weighted by molar-refractivity contribution is 5.83. The van der Waals surface area contributed by atoms with Gasteiger partial charge in [0.15, 0.2) is 0 Å². The minimum Gasteiger partial charge on any atom is -0.334 e. The summed E-state index contributed by atoms with van der Waals surface area (Å²) in [6.45, 7) is 5.75. The highest BCUT2D eigenvalue weighted by atomic mass is 16.2. The number of carbonyl (C=O) groups excluding carboxylic acids is 1. The highest BCUT2D eigenvalue weighted by Crippen LogP contribution is 2.38. The molecule has 0 radical (unpaired) electrons. The van der Waals surface area contributed by atoms with Crippen LogP contribution >= 0.6 is 0 Å². The molecule has 2 aliphatic rings. The van der Waals surface area contributed by atoms with Crippen molar-refractivity contribution >= 4 is 5.91 Å². The van der Waals surface area contributed by atoms with Crippen molar-refractivity contribution in [1.82, 2.24) is 10.2 Å². The largest absolute Gasteiger partial charge is 0.334 e. The number of nitrogens with zero attached hydrogens (tertiary/aromatic N) is 1. The molecule has 0 saturated carbocycles. The molecule has 2 heterocycles. The minimum atomic E-state index is -0.109. The van der Waals surface area contributed by atoms with E-state index >= 15 is 0 Å². The number of nitrogens with one attached hydrogen (secondary N) is 1. The van der Waals surface area contributed by atoms with Crippen LogP contribution in [0.3, 0.4) is 0 Å². The topological polar surface area (TPSA) is 32.3 Å². The van der Waals surface area contributed by atoms with Crippen LogP contribution in [0.2, 0.25) is 0 Å². The Morgan fingerprint density at radius 1 is 1.20 bits per heavy atom. The Morgan fingerprint density at radius 3 is 2.35 bits per heavy atom. The maximum Gasteiger partial charge on any atom is 0.229 e. The van der Waals surface area contributed by atoms with Crippen LogP contribution in [0.4, 0.5) is 0 Å². The van der Waals surface area contributed by atoms with Crippen LogP contribution in [-0.4, -0.2) is 23.9 Å². The molecule has 3 heteroatoms. The van der Waals surface area contributed by atoms with Crippen LogP contribution in [0.1, 0.15) is 43.7 Å². The molecule has 3 rings (SSSR count). The van der Waals surface area contributed by atoms with Gasteiger partial charge in [0, 0.05) is 13.1 Å². The van der Waals surface area contributed by atoms with E-state index in [1.807, 2.05) is 0 Å². The van der Waals surface area contributed by atoms with Crippen LogP contribution in [0.5, 0.6) is 0 Å². The molecule has 2 aliphatic heterocycles. The van der Waals surface area contributed by atoms with E-state index in [1.165, 1.54) is 11.1 Å². The third-order valence-electron chi connectivity index (χ3n) is 4.87. The standard InChI is InChI=1S/C17H24N2O/c1-2-7-17(8-10-18-11-9-17)16(20)19-12-14-5-3-4-6-15(14)13-19/h3-6,18H,2,7-13H2,1H3. The summed E-state index contributed by atoms with van der Waals surface area (Å²) in [5, 5.41) is 3.39. The molecule has 3 nitrogen and oxygen atoms in total. The fourth-order valence-corrected chi connectivity index (χ4v) is 3.77. The van der Waals surface area contributed by atoms with E-state index in [9.17, 15) is 4.79 Å². The predicted molar refractivity (Wildman–Crippen MR) is 80.1 cm³/mol. The quantitative estimate of drug-likeness (QED) is 0.917. The van der Waals surface area contributed by atoms with Gasteiger partial charge in [-0.2, -0.15) is 0 Å². The maximum atomic E-state index is 13.1. The van der Waals surface area contributed by atoms with Crippen molar-refractivity contribution in [3.63, 3.8) is 0 Å². The Hall–Kier alpha value is -1.35. The Bertz CT molecular complexity index is 461. The number of fused-ring (bicyclic) bond motifs is 1. The number of amides is 1. The SMILES string of the molecule is CCCC1(C(=O)N2Cc3ccccc3C2)CCNCC1. The molecule has 1 fully saturated rings. The summed E-state index contributed by atoms with van der Waals surface area (Å²) < 4.78 is 0. The summed E-state index contributed by atoms with van der Waals surface area (Å²) in [7, 11) is 0. The summed E-state index contributed by atoms with van der Waals surface area (Å²) in [5.41, 5.74) is 2.53. The lowest BCUT2D eigenvalue weighted by atomic mass is 9.74. The first-order valence-corrected chi connectivity index (χ1v) is 7.82. The first-order chi connectivity index (χ1) is 9.75. The number of benzene rings is 1. The lowest BCUT2D eigenvalue weighted by Crippen LogP contribution is -2.47. The maximum absolute atomic E-state index is 13.1. The molecule has 0 spiro atoms. The van der Waals surface area contributed by atoms with Crippen LogP contribution in [0.25, 0.3) is 0 Å². The van der Waals surface area contributed by atoms with E-state index < -0.39 is 0 Å². The van der Waals surface area contributed by atoms with Crippen molar-refractivity contribution in [3.8, 4) is 0 Å². The molecule has 1 amide bonds. The summed E-state index contributed by atoms with van der Waals surface area (Å²) >= 11 is 0. The van der Waals surface area contributed by atoms with Crippen molar-refractivity contribution in [2.75, 3.05) is 13.1 Å². The molecule has 1 saturated heterocycles. The van der Waals surface area contributed by atoms with Gasteiger partial charge in [0.2, 0.25) is 5.91 Å². The average molecular weight is 272 g/mol. The van der Waals surface area contributed by atoms with Crippen molar-refractivity contribution in [2.24, 2.45) is 5.41 Å².